The number of rotatable bonds is 5. The Bertz CT molecular complexity index is 733. The van der Waals surface area contributed by atoms with Gasteiger partial charge in [0, 0.05) is 5.56 Å². The molecule has 0 aliphatic heterocycles. The van der Waals surface area contributed by atoms with Crippen molar-refractivity contribution >= 4 is 44.0 Å². The number of nitrogens with zero attached hydrogens (tertiary/aromatic N) is 1. The number of hydrogen-bond acceptors (Lipinski definition) is 3. The summed E-state index contributed by atoms with van der Waals surface area (Å²) in [6, 6.07) is 11.1. The zero-order valence-electron chi connectivity index (χ0n) is 13.6. The summed E-state index contributed by atoms with van der Waals surface area (Å²) >= 11 is 6.97. The van der Waals surface area contributed by atoms with Crippen molar-refractivity contribution in [3.8, 4) is 5.75 Å². The summed E-state index contributed by atoms with van der Waals surface area (Å²) in [6.07, 6.45) is 1.66. The van der Waals surface area contributed by atoms with E-state index in [-0.39, 0.29) is 12.0 Å². The summed E-state index contributed by atoms with van der Waals surface area (Å²) in [4.78, 5) is 12.0. The molecule has 0 atom stereocenters. The summed E-state index contributed by atoms with van der Waals surface area (Å²) in [5.41, 5.74) is 5.02. The van der Waals surface area contributed by atoms with Gasteiger partial charge in [-0.3, -0.25) is 4.79 Å². The van der Waals surface area contributed by atoms with E-state index < -0.39 is 0 Å². The summed E-state index contributed by atoms with van der Waals surface area (Å²) < 4.78 is 7.37. The molecular weight excluding hydrogens is 436 g/mol. The highest BCUT2D eigenvalue weighted by atomic mass is 79.9. The number of carbonyl (C=O) groups excluding carboxylic acids is 1. The summed E-state index contributed by atoms with van der Waals surface area (Å²) in [5, 5.41) is 4.01. The Balaban J connectivity index is 2.06. The maximum Gasteiger partial charge on any atom is 0.271 e. The van der Waals surface area contributed by atoms with E-state index in [2.05, 4.69) is 42.4 Å². The number of hydrazone groups is 1. The Kier molecular flexibility index (Phi) is 6.57. The van der Waals surface area contributed by atoms with Crippen LogP contribution in [-0.2, 0) is 0 Å². The van der Waals surface area contributed by atoms with Crippen molar-refractivity contribution in [2.24, 2.45) is 5.10 Å². The second-order valence-corrected chi connectivity index (χ2v) is 7.25. The van der Waals surface area contributed by atoms with Crippen molar-refractivity contribution < 1.29 is 9.53 Å². The number of hydrogen-bond donors (Lipinski definition) is 1. The number of carbonyl (C=O) groups is 1. The highest BCUT2D eigenvalue weighted by molar-refractivity contribution is 9.11. The Morgan fingerprint density at radius 2 is 1.75 bits per heavy atom. The van der Waals surface area contributed by atoms with Crippen molar-refractivity contribution in [1.82, 2.24) is 5.43 Å². The summed E-state index contributed by atoms with van der Waals surface area (Å²) in [7, 11) is 0. The predicted octanol–water partition coefficient (Wildman–Crippen LogP) is 5.07. The normalized spacial score (nSPS) is 11.1. The van der Waals surface area contributed by atoms with Crippen molar-refractivity contribution in [2.45, 2.75) is 26.9 Å². The van der Waals surface area contributed by atoms with Crippen LogP contribution in [0.1, 0.15) is 35.3 Å². The van der Waals surface area contributed by atoms with E-state index in [0.29, 0.717) is 5.56 Å². The molecule has 0 heterocycles. The molecule has 0 aromatic heterocycles. The quantitative estimate of drug-likeness (QED) is 0.507. The van der Waals surface area contributed by atoms with Crippen LogP contribution in [-0.4, -0.2) is 18.2 Å². The largest absolute Gasteiger partial charge is 0.489 e. The summed E-state index contributed by atoms with van der Waals surface area (Å²) in [6.45, 7) is 5.91. The maximum absolute atomic E-state index is 12.0. The highest BCUT2D eigenvalue weighted by Crippen LogP contribution is 2.35. The third-order valence-electron chi connectivity index (χ3n) is 3.07. The zero-order valence-corrected chi connectivity index (χ0v) is 16.8. The van der Waals surface area contributed by atoms with Gasteiger partial charge in [-0.25, -0.2) is 5.43 Å². The number of amides is 1. The molecule has 4 nitrogen and oxygen atoms in total. The molecule has 0 aliphatic rings. The summed E-state index contributed by atoms with van der Waals surface area (Å²) in [5.74, 6) is 0.495. The molecule has 24 heavy (non-hydrogen) atoms. The van der Waals surface area contributed by atoms with Gasteiger partial charge in [-0.05, 0) is 82.5 Å². The molecule has 2 rings (SSSR count). The zero-order chi connectivity index (χ0) is 17.7. The van der Waals surface area contributed by atoms with Gasteiger partial charge in [0.2, 0.25) is 0 Å². The van der Waals surface area contributed by atoms with Crippen LogP contribution in [0, 0.1) is 6.92 Å². The van der Waals surface area contributed by atoms with Crippen molar-refractivity contribution in [3.05, 3.63) is 62.0 Å². The Morgan fingerprint density at radius 3 is 2.29 bits per heavy atom. The van der Waals surface area contributed by atoms with Crippen molar-refractivity contribution in [3.63, 3.8) is 0 Å². The number of nitrogens with one attached hydrogen (secondary N) is 1. The lowest BCUT2D eigenvalue weighted by Gasteiger charge is -2.13. The molecular formula is C18H18Br2N2O2. The van der Waals surface area contributed by atoms with Crippen LogP contribution >= 0.6 is 31.9 Å². The van der Waals surface area contributed by atoms with Gasteiger partial charge in [-0.15, -0.1) is 0 Å². The Labute approximate surface area is 158 Å². The van der Waals surface area contributed by atoms with Gasteiger partial charge in [-0.2, -0.15) is 5.10 Å². The minimum Gasteiger partial charge on any atom is -0.489 e. The van der Waals surface area contributed by atoms with E-state index in [1.807, 2.05) is 45.0 Å². The Hall–Kier alpha value is -1.66. The molecule has 1 amide bonds. The molecule has 0 fully saturated rings. The maximum atomic E-state index is 12.0. The fourth-order valence-electron chi connectivity index (χ4n) is 1.94. The van der Waals surface area contributed by atoms with Crippen LogP contribution in [0.4, 0.5) is 0 Å². The lowest BCUT2D eigenvalue weighted by molar-refractivity contribution is 0.0955. The number of benzene rings is 2. The minimum absolute atomic E-state index is 0.0749. The van der Waals surface area contributed by atoms with Crippen LogP contribution in [0.5, 0.6) is 5.75 Å². The predicted molar refractivity (Wildman–Crippen MR) is 104 cm³/mol. The van der Waals surface area contributed by atoms with E-state index in [1.54, 1.807) is 18.3 Å². The fourth-order valence-corrected chi connectivity index (χ4v) is 3.35. The van der Waals surface area contributed by atoms with E-state index in [4.69, 9.17) is 4.74 Å². The SMILES string of the molecule is Cc1ccc(C(=O)N/N=C\c2cc(Br)c(OC(C)C)c(Br)c2)cc1. The molecule has 0 unspecified atom stereocenters. The first kappa shape index (κ1) is 18.7. The van der Waals surface area contributed by atoms with Gasteiger partial charge in [0.15, 0.2) is 0 Å². The second-order valence-electron chi connectivity index (χ2n) is 5.55. The molecule has 0 radical (unpaired) electrons. The number of aryl methyl sites for hydroxylation is 1. The van der Waals surface area contributed by atoms with E-state index >= 15 is 0 Å². The Morgan fingerprint density at radius 1 is 1.17 bits per heavy atom. The van der Waals surface area contributed by atoms with Gasteiger partial charge >= 0.3 is 0 Å². The highest BCUT2D eigenvalue weighted by Gasteiger charge is 2.10. The lowest BCUT2D eigenvalue weighted by atomic mass is 10.1. The molecule has 0 spiro atoms. The first-order valence-electron chi connectivity index (χ1n) is 7.42. The number of ether oxygens (including phenoxy) is 1. The van der Waals surface area contributed by atoms with Crippen LogP contribution in [0.2, 0.25) is 0 Å². The molecule has 6 heteroatoms. The van der Waals surface area contributed by atoms with Gasteiger partial charge in [0.25, 0.3) is 5.91 Å². The smallest absolute Gasteiger partial charge is 0.271 e. The van der Waals surface area contributed by atoms with Gasteiger partial charge < -0.3 is 4.74 Å². The molecule has 0 bridgehead atoms. The van der Waals surface area contributed by atoms with E-state index in [9.17, 15) is 4.79 Å². The molecule has 0 aliphatic carbocycles. The van der Waals surface area contributed by atoms with Crippen LogP contribution < -0.4 is 10.2 Å². The standard InChI is InChI=1S/C18H18Br2N2O2/c1-11(2)24-17-15(19)8-13(9-16(17)20)10-21-22-18(23)14-6-4-12(3)5-7-14/h4-11H,1-3H3,(H,22,23)/b21-10-. The average molecular weight is 454 g/mol. The monoisotopic (exact) mass is 452 g/mol. The minimum atomic E-state index is -0.246. The van der Waals surface area contributed by atoms with Crippen molar-refractivity contribution in [1.29, 1.82) is 0 Å². The van der Waals surface area contributed by atoms with Gasteiger partial charge in [0.05, 0.1) is 21.3 Å². The number of halogens is 2. The molecule has 126 valence electrons. The van der Waals surface area contributed by atoms with E-state index in [1.165, 1.54) is 0 Å². The molecule has 0 saturated carbocycles. The molecule has 2 aromatic carbocycles. The van der Waals surface area contributed by atoms with E-state index in [0.717, 1.165) is 25.8 Å². The lowest BCUT2D eigenvalue weighted by Crippen LogP contribution is -2.17. The molecule has 2 aromatic rings. The second kappa shape index (κ2) is 8.44. The molecule has 0 saturated heterocycles. The van der Waals surface area contributed by atoms with Gasteiger partial charge in [-0.1, -0.05) is 17.7 Å². The van der Waals surface area contributed by atoms with Crippen LogP contribution in [0.25, 0.3) is 0 Å². The van der Waals surface area contributed by atoms with Crippen LogP contribution in [0.3, 0.4) is 0 Å². The van der Waals surface area contributed by atoms with Crippen molar-refractivity contribution in [2.75, 3.05) is 0 Å². The third kappa shape index (κ3) is 5.18. The topological polar surface area (TPSA) is 50.7 Å². The van der Waals surface area contributed by atoms with Gasteiger partial charge in [0.1, 0.15) is 5.75 Å². The first-order chi connectivity index (χ1) is 11.4. The molecule has 1 N–H and O–H groups in total. The first-order valence-corrected chi connectivity index (χ1v) is 9.01. The third-order valence-corrected chi connectivity index (χ3v) is 4.25. The fraction of sp³-hybridized carbons (Fsp3) is 0.222. The van der Waals surface area contributed by atoms with Crippen LogP contribution in [0.15, 0.2) is 50.4 Å². The average Bonchev–Trinajstić information content (AvgIpc) is 2.51.